The van der Waals surface area contributed by atoms with Crippen molar-refractivity contribution in [3.63, 3.8) is 0 Å². The number of nitrogens with zero attached hydrogens (tertiary/aromatic N) is 3. The Labute approximate surface area is 180 Å². The first-order chi connectivity index (χ1) is 14.4. The Balaban J connectivity index is 1.49. The first-order valence-corrected chi connectivity index (χ1v) is 12.7. The maximum atomic E-state index is 13.9. The molecule has 3 heterocycles. The fourth-order valence-electron chi connectivity index (χ4n) is 4.28. The lowest BCUT2D eigenvalue weighted by Gasteiger charge is -2.39. The van der Waals surface area contributed by atoms with Crippen LogP contribution in [0, 0.1) is 5.82 Å². The van der Waals surface area contributed by atoms with Crippen molar-refractivity contribution in [2.75, 3.05) is 45.0 Å². The molecule has 0 radical (unpaired) electrons. The summed E-state index contributed by atoms with van der Waals surface area (Å²) in [5.74, 6) is -0.217. The molecule has 0 spiro atoms. The highest BCUT2D eigenvalue weighted by Gasteiger charge is 2.33. The highest BCUT2D eigenvalue weighted by molar-refractivity contribution is 7.89. The molecule has 1 aromatic heterocycles. The number of fused-ring (bicyclic) bond motifs is 1. The fourth-order valence-corrected chi connectivity index (χ4v) is 6.27. The second kappa shape index (κ2) is 8.74. The number of carbonyl (C=O) groups is 1. The van der Waals surface area contributed by atoms with E-state index >= 15 is 0 Å². The van der Waals surface area contributed by atoms with Crippen LogP contribution >= 0.6 is 11.3 Å². The van der Waals surface area contributed by atoms with Crippen LogP contribution in [0.1, 0.15) is 29.0 Å². The largest absolute Gasteiger partial charge is 0.339 e. The van der Waals surface area contributed by atoms with Gasteiger partial charge >= 0.3 is 0 Å². The predicted molar refractivity (Wildman–Crippen MR) is 115 cm³/mol. The van der Waals surface area contributed by atoms with Crippen molar-refractivity contribution in [1.82, 2.24) is 14.1 Å². The van der Waals surface area contributed by atoms with Crippen LogP contribution in [0.25, 0.3) is 0 Å². The van der Waals surface area contributed by atoms with Crippen LogP contribution in [0.4, 0.5) is 4.39 Å². The SMILES string of the molecule is CCS(=O)(=O)N1CCN(C(=O)CN2CCc3sccc3C2c2cccc(F)c2)CC1. The summed E-state index contributed by atoms with van der Waals surface area (Å²) < 4.78 is 39.5. The van der Waals surface area contributed by atoms with E-state index < -0.39 is 10.0 Å². The van der Waals surface area contributed by atoms with Gasteiger partial charge in [-0.1, -0.05) is 12.1 Å². The number of benzene rings is 1. The Bertz CT molecular complexity index is 1020. The molecule has 30 heavy (non-hydrogen) atoms. The van der Waals surface area contributed by atoms with E-state index in [2.05, 4.69) is 16.3 Å². The third-order valence-corrected chi connectivity index (χ3v) is 8.80. The maximum Gasteiger partial charge on any atom is 0.236 e. The van der Waals surface area contributed by atoms with E-state index in [1.165, 1.54) is 15.2 Å². The number of rotatable bonds is 5. The van der Waals surface area contributed by atoms with Crippen LogP contribution in [0.2, 0.25) is 0 Å². The highest BCUT2D eigenvalue weighted by atomic mass is 32.2. The molecular weight excluding hydrogens is 425 g/mol. The molecule has 2 aromatic rings. The summed E-state index contributed by atoms with van der Waals surface area (Å²) in [5, 5.41) is 2.05. The third kappa shape index (κ3) is 4.30. The normalized spacial score (nSPS) is 20.9. The van der Waals surface area contributed by atoms with Crippen LogP contribution in [0.5, 0.6) is 0 Å². The topological polar surface area (TPSA) is 60.9 Å². The summed E-state index contributed by atoms with van der Waals surface area (Å²) in [5.41, 5.74) is 1.99. The number of piperazine rings is 1. The molecule has 1 unspecified atom stereocenters. The zero-order valence-corrected chi connectivity index (χ0v) is 18.6. The van der Waals surface area contributed by atoms with E-state index in [0.29, 0.717) is 26.2 Å². The summed E-state index contributed by atoms with van der Waals surface area (Å²) in [4.78, 5) is 18.2. The van der Waals surface area contributed by atoms with Gasteiger partial charge in [0.2, 0.25) is 15.9 Å². The summed E-state index contributed by atoms with van der Waals surface area (Å²) in [6.07, 6.45) is 0.870. The predicted octanol–water partition coefficient (Wildman–Crippen LogP) is 2.33. The average molecular weight is 452 g/mol. The Morgan fingerprint density at radius 1 is 1.17 bits per heavy atom. The zero-order valence-electron chi connectivity index (χ0n) is 17.0. The smallest absolute Gasteiger partial charge is 0.236 e. The van der Waals surface area contributed by atoms with Gasteiger partial charge < -0.3 is 4.90 Å². The third-order valence-electron chi connectivity index (χ3n) is 5.92. The van der Waals surface area contributed by atoms with E-state index in [1.807, 2.05) is 6.07 Å². The van der Waals surface area contributed by atoms with Gasteiger partial charge in [0.15, 0.2) is 0 Å². The molecule has 0 bridgehead atoms. The zero-order chi connectivity index (χ0) is 21.3. The molecule has 2 aliphatic rings. The second-order valence-electron chi connectivity index (χ2n) is 7.66. The number of halogens is 1. The highest BCUT2D eigenvalue weighted by Crippen LogP contribution is 2.37. The molecule has 162 valence electrons. The van der Waals surface area contributed by atoms with Crippen molar-refractivity contribution in [3.05, 3.63) is 57.5 Å². The molecule has 0 saturated carbocycles. The number of hydrogen-bond donors (Lipinski definition) is 0. The number of sulfonamides is 1. The monoisotopic (exact) mass is 451 g/mol. The first-order valence-electron chi connectivity index (χ1n) is 10.2. The second-order valence-corrected chi connectivity index (χ2v) is 10.9. The molecule has 1 atom stereocenters. The minimum Gasteiger partial charge on any atom is -0.339 e. The molecule has 1 aromatic carbocycles. The minimum atomic E-state index is -3.22. The van der Waals surface area contributed by atoms with Crippen LogP contribution in [-0.2, 0) is 21.2 Å². The molecule has 1 saturated heterocycles. The van der Waals surface area contributed by atoms with Gasteiger partial charge in [-0.05, 0) is 48.1 Å². The molecule has 1 fully saturated rings. The van der Waals surface area contributed by atoms with E-state index in [0.717, 1.165) is 24.1 Å². The van der Waals surface area contributed by atoms with Crippen molar-refractivity contribution in [2.45, 2.75) is 19.4 Å². The lowest BCUT2D eigenvalue weighted by Crippen LogP contribution is -2.53. The molecule has 1 amide bonds. The molecular formula is C21H26FN3O3S2. The Hall–Kier alpha value is -1.81. The Morgan fingerprint density at radius 2 is 1.93 bits per heavy atom. The number of hydrogen-bond acceptors (Lipinski definition) is 5. The molecule has 2 aliphatic heterocycles. The maximum absolute atomic E-state index is 13.9. The minimum absolute atomic E-state index is 0.0105. The average Bonchev–Trinajstić information content (AvgIpc) is 3.22. The fraction of sp³-hybridized carbons (Fsp3) is 0.476. The van der Waals surface area contributed by atoms with Gasteiger partial charge in [0.05, 0.1) is 18.3 Å². The molecule has 6 nitrogen and oxygen atoms in total. The van der Waals surface area contributed by atoms with Gasteiger partial charge in [-0.3, -0.25) is 9.69 Å². The van der Waals surface area contributed by atoms with Crippen molar-refractivity contribution < 1.29 is 17.6 Å². The summed E-state index contributed by atoms with van der Waals surface area (Å²) >= 11 is 1.70. The van der Waals surface area contributed by atoms with E-state index in [1.54, 1.807) is 35.3 Å². The first kappa shape index (κ1) is 21.4. The van der Waals surface area contributed by atoms with Gasteiger partial charge in [-0.2, -0.15) is 4.31 Å². The van der Waals surface area contributed by atoms with Crippen LogP contribution < -0.4 is 0 Å². The van der Waals surface area contributed by atoms with Crippen molar-refractivity contribution >= 4 is 27.3 Å². The van der Waals surface area contributed by atoms with E-state index in [-0.39, 0.29) is 30.1 Å². The van der Waals surface area contributed by atoms with Crippen molar-refractivity contribution in [3.8, 4) is 0 Å². The molecule has 9 heteroatoms. The molecule has 0 aliphatic carbocycles. The van der Waals surface area contributed by atoms with Crippen molar-refractivity contribution in [1.29, 1.82) is 0 Å². The van der Waals surface area contributed by atoms with Crippen LogP contribution in [0.15, 0.2) is 35.7 Å². The summed E-state index contributed by atoms with van der Waals surface area (Å²) in [7, 11) is -3.22. The van der Waals surface area contributed by atoms with Crippen LogP contribution in [0.3, 0.4) is 0 Å². The summed E-state index contributed by atoms with van der Waals surface area (Å²) in [6.45, 7) is 4.07. The van der Waals surface area contributed by atoms with Crippen LogP contribution in [-0.4, -0.2) is 73.5 Å². The summed E-state index contributed by atoms with van der Waals surface area (Å²) in [6, 6.07) is 8.51. The Kier molecular flexibility index (Phi) is 6.24. The van der Waals surface area contributed by atoms with E-state index in [4.69, 9.17) is 0 Å². The Morgan fingerprint density at radius 3 is 2.63 bits per heavy atom. The lowest BCUT2D eigenvalue weighted by atomic mass is 9.93. The lowest BCUT2D eigenvalue weighted by molar-refractivity contribution is -0.134. The number of carbonyl (C=O) groups excluding carboxylic acids is 1. The molecule has 0 N–H and O–H groups in total. The van der Waals surface area contributed by atoms with Gasteiger partial charge in [-0.25, -0.2) is 12.8 Å². The quantitative estimate of drug-likeness (QED) is 0.700. The van der Waals surface area contributed by atoms with Gasteiger partial charge in [0.25, 0.3) is 0 Å². The molecule has 4 rings (SSSR count). The van der Waals surface area contributed by atoms with Crippen molar-refractivity contribution in [2.24, 2.45) is 0 Å². The standard InChI is InChI=1S/C21H26FN3O3S2/c1-2-30(27,28)25-11-9-23(10-12-25)20(26)15-24-8-6-19-18(7-13-29-19)21(24)16-4-3-5-17(22)14-16/h3-5,7,13-14,21H,2,6,8-12,15H2,1H3. The van der Waals surface area contributed by atoms with Gasteiger partial charge in [0.1, 0.15) is 5.82 Å². The van der Waals surface area contributed by atoms with Gasteiger partial charge in [-0.15, -0.1) is 11.3 Å². The number of amides is 1. The van der Waals surface area contributed by atoms with E-state index in [9.17, 15) is 17.6 Å². The van der Waals surface area contributed by atoms with Gasteiger partial charge in [0, 0.05) is 37.6 Å². The number of thiophene rings is 1.